The summed E-state index contributed by atoms with van der Waals surface area (Å²) in [6.45, 7) is 2.86. The maximum absolute atomic E-state index is 13.5. The van der Waals surface area contributed by atoms with Gasteiger partial charge in [-0.1, -0.05) is 42.5 Å². The van der Waals surface area contributed by atoms with Crippen molar-refractivity contribution in [3.05, 3.63) is 65.2 Å². The van der Waals surface area contributed by atoms with Gasteiger partial charge in [0.25, 0.3) is 0 Å². The summed E-state index contributed by atoms with van der Waals surface area (Å²) in [5, 5.41) is 23.0. The Kier molecular flexibility index (Phi) is 4.52. The van der Waals surface area contributed by atoms with E-state index in [0.29, 0.717) is 5.69 Å². The minimum Gasteiger partial charge on any atom is -0.480 e. The van der Waals surface area contributed by atoms with Crippen LogP contribution < -0.4 is 10.2 Å². The molecule has 3 N–H and O–H groups in total. The van der Waals surface area contributed by atoms with Crippen LogP contribution in [0.3, 0.4) is 0 Å². The van der Waals surface area contributed by atoms with Crippen LogP contribution in [0.4, 0.5) is 5.69 Å². The van der Waals surface area contributed by atoms with Gasteiger partial charge in [-0.2, -0.15) is 0 Å². The molecule has 0 aromatic heterocycles. The molecular formula is C22H22N2O5. The monoisotopic (exact) mass is 394 g/mol. The summed E-state index contributed by atoms with van der Waals surface area (Å²) in [6.07, 6.45) is 0. The Morgan fingerprint density at radius 1 is 1.03 bits per heavy atom. The smallest absolute Gasteiger partial charge is 0.327 e. The van der Waals surface area contributed by atoms with Crippen LogP contribution in [-0.2, 0) is 14.4 Å². The number of aliphatic hydroxyl groups is 1. The summed E-state index contributed by atoms with van der Waals surface area (Å²) < 4.78 is 0. The van der Waals surface area contributed by atoms with E-state index >= 15 is 0 Å². The lowest BCUT2D eigenvalue weighted by Gasteiger charge is -2.29. The van der Waals surface area contributed by atoms with Gasteiger partial charge in [-0.05, 0) is 36.6 Å². The molecule has 2 aliphatic heterocycles. The molecule has 29 heavy (non-hydrogen) atoms. The van der Waals surface area contributed by atoms with Crippen molar-refractivity contribution in [2.75, 3.05) is 11.5 Å². The number of nitrogens with one attached hydrogen (secondary N) is 1. The summed E-state index contributed by atoms with van der Waals surface area (Å²) in [4.78, 5) is 40.1. The van der Waals surface area contributed by atoms with Gasteiger partial charge in [0.05, 0.1) is 24.1 Å². The second-order valence-electron chi connectivity index (χ2n) is 7.72. The highest BCUT2D eigenvalue weighted by Gasteiger charge is 2.68. The fourth-order valence-corrected chi connectivity index (χ4v) is 4.67. The highest BCUT2D eigenvalue weighted by Crippen LogP contribution is 2.50. The van der Waals surface area contributed by atoms with Crippen LogP contribution in [0.2, 0.25) is 0 Å². The highest BCUT2D eigenvalue weighted by molar-refractivity contribution is 6.24. The van der Waals surface area contributed by atoms with E-state index < -0.39 is 47.8 Å². The Hall–Kier alpha value is -3.03. The number of anilines is 1. The van der Waals surface area contributed by atoms with Crippen LogP contribution in [0.5, 0.6) is 0 Å². The lowest BCUT2D eigenvalue weighted by atomic mass is 9.79. The average molecular weight is 394 g/mol. The van der Waals surface area contributed by atoms with Gasteiger partial charge in [0.2, 0.25) is 11.8 Å². The van der Waals surface area contributed by atoms with E-state index in [4.69, 9.17) is 0 Å². The topological polar surface area (TPSA) is 107 Å². The molecule has 7 nitrogen and oxygen atoms in total. The summed E-state index contributed by atoms with van der Waals surface area (Å²) in [5.74, 6) is -4.53. The van der Waals surface area contributed by atoms with E-state index in [1.165, 1.54) is 0 Å². The van der Waals surface area contributed by atoms with Crippen molar-refractivity contribution in [3.63, 3.8) is 0 Å². The number of aliphatic carboxylic acids is 1. The lowest BCUT2D eigenvalue weighted by molar-refractivity contribution is -0.150. The minimum absolute atomic E-state index is 0.442. The number of carbonyl (C=O) groups is 3. The molecule has 2 aromatic rings. The molecule has 0 bridgehead atoms. The van der Waals surface area contributed by atoms with Crippen LogP contribution in [-0.4, -0.2) is 40.1 Å². The van der Waals surface area contributed by atoms with Crippen molar-refractivity contribution in [2.45, 2.75) is 25.4 Å². The van der Waals surface area contributed by atoms with Crippen molar-refractivity contribution in [3.8, 4) is 0 Å². The third-order valence-electron chi connectivity index (χ3n) is 6.17. The predicted octanol–water partition coefficient (Wildman–Crippen LogP) is 1.57. The van der Waals surface area contributed by atoms with Gasteiger partial charge < -0.3 is 10.2 Å². The number of hydrogen-bond acceptors (Lipinski definition) is 5. The number of carboxylic acid groups (broad SMARTS) is 1. The normalized spacial score (nSPS) is 28.7. The van der Waals surface area contributed by atoms with Crippen molar-refractivity contribution >= 4 is 23.5 Å². The molecule has 7 heteroatoms. The Labute approximate surface area is 168 Å². The molecule has 2 fully saturated rings. The lowest BCUT2D eigenvalue weighted by Crippen LogP contribution is -2.58. The maximum Gasteiger partial charge on any atom is 0.327 e. The molecular weight excluding hydrogens is 372 g/mol. The zero-order valence-electron chi connectivity index (χ0n) is 16.1. The first-order chi connectivity index (χ1) is 13.8. The van der Waals surface area contributed by atoms with E-state index in [0.717, 1.165) is 21.6 Å². The number of fused-ring (bicyclic) bond motifs is 1. The van der Waals surface area contributed by atoms with E-state index in [-0.39, 0.29) is 0 Å². The number of rotatable bonds is 4. The molecule has 4 rings (SSSR count). The SMILES string of the molecule is Cc1ccccc1C1NC(CO)(C(=O)O)C2C(=O)N(c3ccccc3C)C(=O)C12. The third kappa shape index (κ3) is 2.62. The first-order valence-corrected chi connectivity index (χ1v) is 9.44. The van der Waals surface area contributed by atoms with Crippen LogP contribution in [0.15, 0.2) is 48.5 Å². The quantitative estimate of drug-likeness (QED) is 0.680. The van der Waals surface area contributed by atoms with Crippen LogP contribution in [0, 0.1) is 25.7 Å². The van der Waals surface area contributed by atoms with Gasteiger partial charge in [0.1, 0.15) is 0 Å². The molecule has 0 radical (unpaired) electrons. The number of benzene rings is 2. The van der Waals surface area contributed by atoms with Crippen LogP contribution in [0.25, 0.3) is 0 Å². The highest BCUT2D eigenvalue weighted by atomic mass is 16.4. The first-order valence-electron chi connectivity index (χ1n) is 9.44. The zero-order valence-corrected chi connectivity index (χ0v) is 16.1. The molecule has 2 aliphatic rings. The molecule has 2 aromatic carbocycles. The molecule has 2 saturated heterocycles. The van der Waals surface area contributed by atoms with Gasteiger partial charge >= 0.3 is 5.97 Å². The average Bonchev–Trinajstić information content (AvgIpc) is 3.18. The molecule has 150 valence electrons. The number of carbonyl (C=O) groups excluding carboxylic acids is 2. The summed E-state index contributed by atoms with van der Waals surface area (Å²) in [6, 6.07) is 13.6. The number of aliphatic hydroxyl groups excluding tert-OH is 1. The number of carboxylic acids is 1. The maximum atomic E-state index is 13.5. The standard InChI is InChI=1S/C22H22N2O5/c1-12-7-3-5-9-14(12)18-16-17(22(11-25,23-18)21(28)29)20(27)24(19(16)26)15-10-6-4-8-13(15)2/h3-10,16-18,23,25H,11H2,1-2H3,(H,28,29). The number of aryl methyl sites for hydroxylation is 2. The zero-order chi connectivity index (χ0) is 20.9. The Balaban J connectivity index is 1.89. The molecule has 4 atom stereocenters. The van der Waals surface area contributed by atoms with Crippen molar-refractivity contribution in [1.29, 1.82) is 0 Å². The Bertz CT molecular complexity index is 1020. The van der Waals surface area contributed by atoms with Gasteiger partial charge in [-0.3, -0.25) is 19.7 Å². The van der Waals surface area contributed by atoms with Gasteiger partial charge in [0.15, 0.2) is 5.54 Å². The van der Waals surface area contributed by atoms with E-state index in [1.54, 1.807) is 37.3 Å². The predicted molar refractivity (Wildman–Crippen MR) is 105 cm³/mol. The Morgan fingerprint density at radius 3 is 2.24 bits per heavy atom. The van der Waals surface area contributed by atoms with Crippen LogP contribution in [0.1, 0.15) is 22.7 Å². The minimum atomic E-state index is -1.93. The Morgan fingerprint density at radius 2 is 1.66 bits per heavy atom. The van der Waals surface area contributed by atoms with Gasteiger partial charge in [-0.15, -0.1) is 0 Å². The molecule has 4 unspecified atom stereocenters. The van der Waals surface area contributed by atoms with E-state index in [1.807, 2.05) is 25.1 Å². The van der Waals surface area contributed by atoms with Crippen molar-refractivity contribution in [1.82, 2.24) is 5.32 Å². The summed E-state index contributed by atoms with van der Waals surface area (Å²) in [5.41, 5.74) is 0.864. The first kappa shape index (κ1) is 19.3. The number of imide groups is 1. The van der Waals surface area contributed by atoms with Crippen molar-refractivity contribution in [2.24, 2.45) is 11.8 Å². The van der Waals surface area contributed by atoms with Crippen molar-refractivity contribution < 1.29 is 24.6 Å². The third-order valence-corrected chi connectivity index (χ3v) is 6.17. The summed E-state index contributed by atoms with van der Waals surface area (Å²) >= 11 is 0. The number of nitrogens with zero attached hydrogens (tertiary/aromatic N) is 1. The van der Waals surface area contributed by atoms with E-state index in [2.05, 4.69) is 5.32 Å². The van der Waals surface area contributed by atoms with E-state index in [9.17, 15) is 24.6 Å². The molecule has 0 aliphatic carbocycles. The number of hydrogen-bond donors (Lipinski definition) is 3. The summed E-state index contributed by atoms with van der Waals surface area (Å²) in [7, 11) is 0. The molecule has 0 spiro atoms. The molecule has 2 amide bonds. The molecule has 2 heterocycles. The molecule has 0 saturated carbocycles. The largest absolute Gasteiger partial charge is 0.480 e. The fraction of sp³-hybridized carbons (Fsp3) is 0.318. The fourth-order valence-electron chi connectivity index (χ4n) is 4.67. The number of amides is 2. The van der Waals surface area contributed by atoms with Crippen LogP contribution >= 0.6 is 0 Å². The second kappa shape index (κ2) is 6.79. The second-order valence-corrected chi connectivity index (χ2v) is 7.72. The van der Waals surface area contributed by atoms with Gasteiger partial charge in [0, 0.05) is 6.04 Å². The number of para-hydroxylation sites is 1. The van der Waals surface area contributed by atoms with Gasteiger partial charge in [-0.25, -0.2) is 4.90 Å².